The predicted octanol–water partition coefficient (Wildman–Crippen LogP) is 5.83. The quantitative estimate of drug-likeness (QED) is 0.278. The van der Waals surface area contributed by atoms with Crippen LogP contribution in [-0.4, -0.2) is 66.1 Å². The van der Waals surface area contributed by atoms with Crippen LogP contribution in [0.3, 0.4) is 0 Å². The Labute approximate surface area is 228 Å². The molecule has 4 rings (SSSR count). The number of amides is 1. The largest absolute Gasteiger partial charge is 0.494 e. The SMILES string of the molecule is CCOC(=O)n1c(O)c(C(=Nc2ccc(N(CCN(C)C)C(=O)CC)cc2)c2ccccc2)c2ccccc21. The Hall–Kier alpha value is -4.43. The molecular weight excluding hydrogens is 492 g/mol. The fraction of sp³-hybridized carbons (Fsp3) is 0.258. The van der Waals surface area contributed by atoms with Crippen molar-refractivity contribution >= 4 is 40.0 Å². The van der Waals surface area contributed by atoms with Crippen LogP contribution >= 0.6 is 0 Å². The molecule has 0 unspecified atom stereocenters. The molecule has 0 bridgehead atoms. The second kappa shape index (κ2) is 12.4. The molecule has 1 aromatic heterocycles. The van der Waals surface area contributed by atoms with E-state index < -0.39 is 6.09 Å². The van der Waals surface area contributed by atoms with E-state index in [-0.39, 0.29) is 18.4 Å². The highest BCUT2D eigenvalue weighted by molar-refractivity contribution is 6.23. The third kappa shape index (κ3) is 6.02. The number of aromatic hydroxyl groups is 1. The van der Waals surface area contributed by atoms with Gasteiger partial charge in [0.25, 0.3) is 0 Å². The van der Waals surface area contributed by atoms with Gasteiger partial charge in [-0.15, -0.1) is 0 Å². The van der Waals surface area contributed by atoms with E-state index in [4.69, 9.17) is 9.73 Å². The molecule has 0 spiro atoms. The highest BCUT2D eigenvalue weighted by Gasteiger charge is 2.26. The first-order valence-corrected chi connectivity index (χ1v) is 13.0. The lowest BCUT2D eigenvalue weighted by Gasteiger charge is -2.24. The molecule has 0 atom stereocenters. The number of likely N-dealkylation sites (N-methyl/N-ethyl adjacent to an activating group) is 1. The number of carbonyl (C=O) groups is 2. The van der Waals surface area contributed by atoms with Crippen LogP contribution in [0.15, 0.2) is 83.9 Å². The standard InChI is InChI=1S/C31H34N4O4/c1-5-27(36)34(21-20-33(3)4)24-18-16-23(17-19-24)32-29(22-12-8-7-9-13-22)28-25-14-10-11-15-26(25)35(30(28)37)31(38)39-6-2/h7-19,37H,5-6,20-21H2,1-4H3. The number of para-hydroxylation sites is 1. The van der Waals surface area contributed by atoms with Gasteiger partial charge >= 0.3 is 6.09 Å². The molecule has 0 saturated carbocycles. The van der Waals surface area contributed by atoms with Gasteiger partial charge in [0.15, 0.2) is 0 Å². The van der Waals surface area contributed by atoms with Gasteiger partial charge < -0.3 is 19.6 Å². The maximum absolute atomic E-state index is 12.8. The Kier molecular flexibility index (Phi) is 8.78. The second-order valence-corrected chi connectivity index (χ2v) is 9.30. The fourth-order valence-electron chi connectivity index (χ4n) is 4.42. The van der Waals surface area contributed by atoms with Gasteiger partial charge in [-0.3, -0.25) is 4.79 Å². The number of aromatic nitrogens is 1. The lowest BCUT2D eigenvalue weighted by atomic mass is 10.0. The average Bonchev–Trinajstić information content (AvgIpc) is 3.24. The van der Waals surface area contributed by atoms with Crippen molar-refractivity contribution in [1.82, 2.24) is 9.47 Å². The summed E-state index contributed by atoms with van der Waals surface area (Å²) in [6.07, 6.45) is -0.248. The molecular formula is C31H34N4O4. The second-order valence-electron chi connectivity index (χ2n) is 9.30. The van der Waals surface area contributed by atoms with E-state index in [1.54, 1.807) is 24.0 Å². The Morgan fingerprint density at radius 2 is 1.56 bits per heavy atom. The first-order chi connectivity index (χ1) is 18.8. The number of hydrogen-bond donors (Lipinski definition) is 1. The summed E-state index contributed by atoms with van der Waals surface area (Å²) in [6.45, 7) is 5.08. The minimum atomic E-state index is -0.660. The highest BCUT2D eigenvalue weighted by Crippen LogP contribution is 2.35. The molecule has 0 aliphatic rings. The summed E-state index contributed by atoms with van der Waals surface area (Å²) >= 11 is 0. The number of carbonyl (C=O) groups excluding carboxylic acids is 2. The summed E-state index contributed by atoms with van der Waals surface area (Å²) in [5, 5.41) is 12.0. The van der Waals surface area contributed by atoms with Crippen LogP contribution in [0.1, 0.15) is 31.4 Å². The van der Waals surface area contributed by atoms with Gasteiger partial charge in [-0.2, -0.15) is 0 Å². The number of anilines is 1. The summed E-state index contributed by atoms with van der Waals surface area (Å²) < 4.78 is 6.40. The minimum Gasteiger partial charge on any atom is -0.494 e. The molecule has 39 heavy (non-hydrogen) atoms. The molecule has 1 N–H and O–H groups in total. The summed E-state index contributed by atoms with van der Waals surface area (Å²) in [5.41, 5.74) is 3.68. The smallest absolute Gasteiger partial charge is 0.421 e. The number of hydrogen-bond acceptors (Lipinski definition) is 6. The van der Waals surface area contributed by atoms with Crippen molar-refractivity contribution in [2.45, 2.75) is 20.3 Å². The molecule has 0 radical (unpaired) electrons. The van der Waals surface area contributed by atoms with Gasteiger partial charge in [0, 0.05) is 36.1 Å². The van der Waals surface area contributed by atoms with E-state index in [0.29, 0.717) is 40.8 Å². The van der Waals surface area contributed by atoms with E-state index in [2.05, 4.69) is 0 Å². The summed E-state index contributed by atoms with van der Waals surface area (Å²) in [5.74, 6) is -0.188. The molecule has 8 nitrogen and oxygen atoms in total. The van der Waals surface area contributed by atoms with Crippen molar-refractivity contribution in [2.24, 2.45) is 4.99 Å². The van der Waals surface area contributed by atoms with E-state index in [1.807, 2.05) is 92.6 Å². The average molecular weight is 527 g/mol. The van der Waals surface area contributed by atoms with Crippen LogP contribution in [0.2, 0.25) is 0 Å². The zero-order valence-electron chi connectivity index (χ0n) is 22.8. The molecule has 0 fully saturated rings. The van der Waals surface area contributed by atoms with Crippen molar-refractivity contribution in [1.29, 1.82) is 0 Å². The van der Waals surface area contributed by atoms with Gasteiger partial charge in [-0.1, -0.05) is 55.5 Å². The van der Waals surface area contributed by atoms with Gasteiger partial charge in [0.05, 0.1) is 29.1 Å². The molecule has 8 heteroatoms. The molecule has 1 amide bonds. The number of benzene rings is 3. The maximum Gasteiger partial charge on any atom is 0.421 e. The van der Waals surface area contributed by atoms with Gasteiger partial charge in [0.1, 0.15) is 0 Å². The molecule has 0 aliphatic heterocycles. The molecule has 202 valence electrons. The van der Waals surface area contributed by atoms with Crippen LogP contribution < -0.4 is 4.90 Å². The fourth-order valence-corrected chi connectivity index (χ4v) is 4.42. The Morgan fingerprint density at radius 3 is 2.21 bits per heavy atom. The van der Waals surface area contributed by atoms with Crippen LogP contribution in [0.25, 0.3) is 10.9 Å². The van der Waals surface area contributed by atoms with E-state index >= 15 is 0 Å². The Morgan fingerprint density at radius 1 is 0.897 bits per heavy atom. The molecule has 4 aromatic rings. The monoisotopic (exact) mass is 526 g/mol. The van der Waals surface area contributed by atoms with E-state index in [1.165, 1.54) is 4.57 Å². The number of ether oxygens (including phenoxy) is 1. The Balaban J connectivity index is 1.84. The molecule has 3 aromatic carbocycles. The first kappa shape index (κ1) is 27.6. The first-order valence-electron chi connectivity index (χ1n) is 13.0. The number of nitrogens with zero attached hydrogens (tertiary/aromatic N) is 4. The molecule has 0 aliphatic carbocycles. The van der Waals surface area contributed by atoms with Crippen molar-refractivity contribution in [3.8, 4) is 5.88 Å². The predicted molar refractivity (Wildman–Crippen MR) is 155 cm³/mol. The minimum absolute atomic E-state index is 0.0507. The van der Waals surface area contributed by atoms with Crippen molar-refractivity contribution in [3.05, 3.63) is 90.0 Å². The van der Waals surface area contributed by atoms with E-state index in [0.717, 1.165) is 17.8 Å². The van der Waals surface area contributed by atoms with Crippen molar-refractivity contribution in [3.63, 3.8) is 0 Å². The van der Waals surface area contributed by atoms with Crippen LogP contribution in [-0.2, 0) is 9.53 Å². The van der Waals surface area contributed by atoms with Crippen LogP contribution in [0.4, 0.5) is 16.2 Å². The summed E-state index contributed by atoms with van der Waals surface area (Å²) in [6, 6.07) is 24.3. The van der Waals surface area contributed by atoms with Crippen molar-refractivity contribution < 1.29 is 19.4 Å². The number of fused-ring (bicyclic) bond motifs is 1. The van der Waals surface area contributed by atoms with Crippen molar-refractivity contribution in [2.75, 3.05) is 38.7 Å². The maximum atomic E-state index is 12.8. The Bertz CT molecular complexity index is 1470. The molecule has 0 saturated heterocycles. The topological polar surface area (TPSA) is 87.4 Å². The normalized spacial score (nSPS) is 11.7. The third-order valence-electron chi connectivity index (χ3n) is 6.36. The van der Waals surface area contributed by atoms with Gasteiger partial charge in [0.2, 0.25) is 11.8 Å². The molecule has 1 heterocycles. The zero-order valence-corrected chi connectivity index (χ0v) is 22.8. The van der Waals surface area contributed by atoms with E-state index in [9.17, 15) is 14.7 Å². The lowest BCUT2D eigenvalue weighted by Crippen LogP contribution is -2.36. The number of rotatable bonds is 9. The number of aliphatic imine (C=N–C) groups is 1. The van der Waals surface area contributed by atoms with Crippen LogP contribution in [0, 0.1) is 0 Å². The zero-order chi connectivity index (χ0) is 27.9. The van der Waals surface area contributed by atoms with Gasteiger partial charge in [-0.25, -0.2) is 14.4 Å². The third-order valence-corrected chi connectivity index (χ3v) is 6.36. The lowest BCUT2D eigenvalue weighted by molar-refractivity contribution is -0.118. The summed E-state index contributed by atoms with van der Waals surface area (Å²) in [7, 11) is 3.96. The van der Waals surface area contributed by atoms with Crippen LogP contribution in [0.5, 0.6) is 5.88 Å². The summed E-state index contributed by atoms with van der Waals surface area (Å²) in [4.78, 5) is 34.2. The highest BCUT2D eigenvalue weighted by atomic mass is 16.5. The van der Waals surface area contributed by atoms with Gasteiger partial charge in [-0.05, 0) is 51.4 Å².